The topological polar surface area (TPSA) is 66.9 Å². The van der Waals surface area contributed by atoms with E-state index in [9.17, 15) is 14.4 Å². The summed E-state index contributed by atoms with van der Waals surface area (Å²) in [6.07, 6.45) is 2.42. The molecule has 0 bridgehead atoms. The number of amides is 3. The van der Waals surface area contributed by atoms with Crippen molar-refractivity contribution in [1.29, 1.82) is 0 Å². The molecule has 41 heavy (non-hydrogen) atoms. The summed E-state index contributed by atoms with van der Waals surface area (Å²) in [6.45, 7) is 0.911. The van der Waals surface area contributed by atoms with E-state index in [-0.39, 0.29) is 24.0 Å². The van der Waals surface area contributed by atoms with Gasteiger partial charge in [0.05, 0.1) is 4.91 Å². The van der Waals surface area contributed by atoms with Gasteiger partial charge in [0.15, 0.2) is 0 Å². The third-order valence-corrected chi connectivity index (χ3v) is 8.75. The maximum atomic E-state index is 13.4. The Kier molecular flexibility index (Phi) is 7.75. The van der Waals surface area contributed by atoms with Crippen molar-refractivity contribution in [3.63, 3.8) is 0 Å². The van der Waals surface area contributed by atoms with E-state index in [1.54, 1.807) is 29.2 Å². The predicted molar refractivity (Wildman–Crippen MR) is 163 cm³/mol. The zero-order valence-corrected chi connectivity index (χ0v) is 24.1. The van der Waals surface area contributed by atoms with Gasteiger partial charge in [0, 0.05) is 34.3 Å². The number of ether oxygens (including phenoxy) is 1. The lowest BCUT2D eigenvalue weighted by atomic mass is 10.00. The molecule has 0 aliphatic carbocycles. The molecule has 2 heterocycles. The lowest BCUT2D eigenvalue weighted by molar-refractivity contribution is -0.136. The van der Waals surface area contributed by atoms with Gasteiger partial charge in [-0.2, -0.15) is 0 Å². The fraction of sp³-hybridized carbons (Fsp3) is 0.156. The third kappa shape index (κ3) is 5.71. The van der Waals surface area contributed by atoms with Crippen molar-refractivity contribution in [2.24, 2.45) is 0 Å². The van der Waals surface area contributed by atoms with E-state index in [0.29, 0.717) is 34.4 Å². The van der Waals surface area contributed by atoms with Crippen molar-refractivity contribution in [1.82, 2.24) is 9.80 Å². The van der Waals surface area contributed by atoms with E-state index < -0.39 is 11.1 Å². The van der Waals surface area contributed by atoms with Crippen LogP contribution in [0.5, 0.6) is 5.75 Å². The maximum Gasteiger partial charge on any atom is 0.294 e. The summed E-state index contributed by atoms with van der Waals surface area (Å²) < 4.78 is 6.17. The van der Waals surface area contributed by atoms with Crippen molar-refractivity contribution < 1.29 is 19.1 Å². The largest absolute Gasteiger partial charge is 0.488 e. The van der Waals surface area contributed by atoms with Gasteiger partial charge in [0.1, 0.15) is 18.9 Å². The second kappa shape index (κ2) is 11.6. The highest BCUT2D eigenvalue weighted by molar-refractivity contribution is 8.18. The molecule has 2 aliphatic rings. The molecule has 3 amide bonds. The number of benzene rings is 4. The smallest absolute Gasteiger partial charge is 0.294 e. The SMILES string of the molecule is O=C(CN1C(=O)S/C(=C\c2c(OCc3ccc(Cl)cc3Cl)ccc3ccccc23)C1=O)N1CCc2ccccc2C1. The third-order valence-electron chi connectivity index (χ3n) is 7.25. The molecule has 0 unspecified atom stereocenters. The van der Waals surface area contributed by atoms with Crippen molar-refractivity contribution in [3.8, 4) is 5.75 Å². The van der Waals surface area contributed by atoms with E-state index in [2.05, 4.69) is 6.07 Å². The van der Waals surface area contributed by atoms with E-state index in [0.717, 1.165) is 45.0 Å². The maximum absolute atomic E-state index is 13.4. The van der Waals surface area contributed by atoms with Gasteiger partial charge < -0.3 is 9.64 Å². The van der Waals surface area contributed by atoms with Crippen LogP contribution in [0.2, 0.25) is 10.0 Å². The van der Waals surface area contributed by atoms with Gasteiger partial charge in [0.25, 0.3) is 11.1 Å². The molecule has 0 aromatic heterocycles. The summed E-state index contributed by atoms with van der Waals surface area (Å²) in [7, 11) is 0. The van der Waals surface area contributed by atoms with Crippen LogP contribution in [0, 0.1) is 0 Å². The van der Waals surface area contributed by atoms with Crippen LogP contribution in [0.15, 0.2) is 83.8 Å². The quantitative estimate of drug-likeness (QED) is 0.216. The zero-order valence-electron chi connectivity index (χ0n) is 21.8. The van der Waals surface area contributed by atoms with Gasteiger partial charge in [-0.25, -0.2) is 0 Å². The van der Waals surface area contributed by atoms with Gasteiger partial charge in [-0.3, -0.25) is 19.3 Å². The molecule has 0 N–H and O–H groups in total. The molecule has 2 aliphatic heterocycles. The van der Waals surface area contributed by atoms with Crippen molar-refractivity contribution in [3.05, 3.63) is 116 Å². The second-order valence-electron chi connectivity index (χ2n) is 9.82. The Balaban J connectivity index is 1.25. The Morgan fingerprint density at radius 1 is 0.951 bits per heavy atom. The number of imide groups is 1. The number of fused-ring (bicyclic) bond motifs is 2. The summed E-state index contributed by atoms with van der Waals surface area (Å²) in [4.78, 5) is 42.4. The molecule has 0 spiro atoms. The average molecular weight is 604 g/mol. The fourth-order valence-corrected chi connectivity index (χ4v) is 6.34. The van der Waals surface area contributed by atoms with E-state index in [1.165, 1.54) is 5.56 Å². The number of halogens is 2. The molecular weight excluding hydrogens is 579 g/mol. The van der Waals surface area contributed by atoms with E-state index >= 15 is 0 Å². The van der Waals surface area contributed by atoms with Crippen molar-refractivity contribution in [2.45, 2.75) is 19.6 Å². The van der Waals surface area contributed by atoms with Crippen LogP contribution >= 0.6 is 35.0 Å². The van der Waals surface area contributed by atoms with Crippen LogP contribution in [-0.4, -0.2) is 39.9 Å². The molecule has 1 saturated heterocycles. The fourth-order valence-electron chi connectivity index (χ4n) is 5.06. The number of carbonyl (C=O) groups is 3. The summed E-state index contributed by atoms with van der Waals surface area (Å²) in [5.41, 5.74) is 3.73. The van der Waals surface area contributed by atoms with Gasteiger partial charge in [-0.15, -0.1) is 0 Å². The highest BCUT2D eigenvalue weighted by Crippen LogP contribution is 2.37. The minimum atomic E-state index is -0.495. The predicted octanol–water partition coefficient (Wildman–Crippen LogP) is 7.35. The van der Waals surface area contributed by atoms with Crippen molar-refractivity contribution >= 4 is 68.9 Å². The molecule has 206 valence electrons. The standard InChI is InChI=1S/C32H24Cl2N2O4S/c33-24-11-9-23(27(34)15-24)19-40-28-12-10-21-6-3-4-8-25(21)26(28)16-29-31(38)36(32(39)41-29)18-30(37)35-14-13-20-5-1-2-7-22(20)17-35/h1-12,15-16H,13-14,17-19H2/b29-16-. The Morgan fingerprint density at radius 3 is 2.56 bits per heavy atom. The number of nitrogens with zero attached hydrogens (tertiary/aromatic N) is 2. The Bertz CT molecular complexity index is 1740. The first kappa shape index (κ1) is 27.4. The van der Waals surface area contributed by atoms with Crippen LogP contribution in [0.4, 0.5) is 4.79 Å². The number of carbonyl (C=O) groups excluding carboxylic acids is 3. The minimum absolute atomic E-state index is 0.185. The summed E-state index contributed by atoms with van der Waals surface area (Å²) in [5.74, 6) is -0.216. The first-order valence-corrected chi connectivity index (χ1v) is 14.6. The zero-order chi connectivity index (χ0) is 28.5. The Morgan fingerprint density at radius 2 is 1.73 bits per heavy atom. The van der Waals surface area contributed by atoms with E-state index in [4.69, 9.17) is 27.9 Å². The number of hydrogen-bond acceptors (Lipinski definition) is 5. The Hall–Kier alpha value is -3.78. The van der Waals surface area contributed by atoms with Gasteiger partial charge in [-0.05, 0) is 64.4 Å². The Labute approximate surface area is 251 Å². The molecule has 9 heteroatoms. The number of hydrogen-bond donors (Lipinski definition) is 0. The molecule has 0 saturated carbocycles. The van der Waals surface area contributed by atoms with Crippen LogP contribution in [0.1, 0.15) is 22.3 Å². The van der Waals surface area contributed by atoms with Crippen LogP contribution in [-0.2, 0) is 29.2 Å². The monoisotopic (exact) mass is 602 g/mol. The molecule has 1 fully saturated rings. The highest BCUT2D eigenvalue weighted by Gasteiger charge is 2.37. The number of thioether (sulfide) groups is 1. The van der Waals surface area contributed by atoms with Crippen molar-refractivity contribution in [2.75, 3.05) is 13.1 Å². The average Bonchev–Trinajstić information content (AvgIpc) is 3.24. The molecule has 4 aromatic rings. The molecular formula is C32H24Cl2N2O4S. The molecule has 6 nitrogen and oxygen atoms in total. The van der Waals surface area contributed by atoms with Crippen LogP contribution < -0.4 is 4.74 Å². The summed E-state index contributed by atoms with van der Waals surface area (Å²) in [5, 5.41) is 2.37. The van der Waals surface area contributed by atoms with Gasteiger partial charge >= 0.3 is 0 Å². The summed E-state index contributed by atoms with van der Waals surface area (Å²) >= 11 is 13.2. The molecule has 4 aromatic carbocycles. The lowest BCUT2D eigenvalue weighted by Gasteiger charge is -2.29. The van der Waals surface area contributed by atoms with Gasteiger partial charge in [0.2, 0.25) is 5.91 Å². The first-order valence-electron chi connectivity index (χ1n) is 13.1. The normalized spacial score (nSPS) is 16.0. The lowest BCUT2D eigenvalue weighted by Crippen LogP contribution is -2.44. The molecule has 0 atom stereocenters. The van der Waals surface area contributed by atoms with E-state index in [1.807, 2.05) is 54.6 Å². The minimum Gasteiger partial charge on any atom is -0.488 e. The van der Waals surface area contributed by atoms with Crippen LogP contribution in [0.25, 0.3) is 16.8 Å². The number of rotatable bonds is 6. The molecule has 0 radical (unpaired) electrons. The summed E-state index contributed by atoms with van der Waals surface area (Å²) in [6, 6.07) is 24.7. The van der Waals surface area contributed by atoms with Gasteiger partial charge in [-0.1, -0.05) is 83.9 Å². The second-order valence-corrected chi connectivity index (χ2v) is 11.7. The molecule has 6 rings (SSSR count). The highest BCUT2D eigenvalue weighted by atomic mass is 35.5. The first-order chi connectivity index (χ1) is 19.9. The van der Waals surface area contributed by atoms with Crippen LogP contribution in [0.3, 0.4) is 0 Å².